The summed E-state index contributed by atoms with van der Waals surface area (Å²) < 4.78 is 11.8. The van der Waals surface area contributed by atoms with Crippen LogP contribution in [0.3, 0.4) is 0 Å². The van der Waals surface area contributed by atoms with E-state index in [1.807, 2.05) is 6.92 Å². The minimum atomic E-state index is -0.498. The van der Waals surface area contributed by atoms with Crippen LogP contribution in [0.5, 0.6) is 0 Å². The van der Waals surface area contributed by atoms with E-state index < -0.39 is 19.5 Å². The van der Waals surface area contributed by atoms with Crippen molar-refractivity contribution >= 4 is 19.5 Å². The molecule has 0 aliphatic heterocycles. The number of rotatable bonds is 11. The topological polar surface area (TPSA) is 38.7 Å². The number of hydrogen-bond donors (Lipinski definition) is 1. The molecule has 0 unspecified atom stereocenters. The van der Waals surface area contributed by atoms with Gasteiger partial charge in [-0.15, -0.1) is 0 Å². The molecule has 0 saturated heterocycles. The van der Waals surface area contributed by atoms with Gasteiger partial charge in [-0.1, -0.05) is 53.1 Å². The Bertz CT molecular complexity index is 217. The molecular weight excluding hydrogens is 272 g/mol. The molecule has 0 aliphatic rings. The average Bonchev–Trinajstić information content (AvgIpc) is 2.33. The lowest BCUT2D eigenvalue weighted by Crippen LogP contribution is -2.45. The van der Waals surface area contributed by atoms with Crippen LogP contribution in [-0.4, -0.2) is 37.0 Å². The van der Waals surface area contributed by atoms with E-state index in [0.717, 1.165) is 6.42 Å². The van der Waals surface area contributed by atoms with Crippen LogP contribution in [0.15, 0.2) is 0 Å². The van der Waals surface area contributed by atoms with Crippen molar-refractivity contribution in [1.82, 2.24) is 0 Å². The van der Waals surface area contributed by atoms with Crippen LogP contribution in [0.25, 0.3) is 0 Å². The Labute approximate surface area is 124 Å². The summed E-state index contributed by atoms with van der Waals surface area (Å²) in [5.74, 6) is 0.241. The molecule has 1 N–H and O–H groups in total. The van der Waals surface area contributed by atoms with Gasteiger partial charge in [-0.3, -0.25) is 0 Å². The molecule has 0 saturated carbocycles. The first kappa shape index (κ1) is 19.3. The molecule has 116 valence electrons. The molecule has 0 aromatic rings. The van der Waals surface area contributed by atoms with Crippen molar-refractivity contribution in [2.24, 2.45) is 11.3 Å². The molecule has 0 radical (unpaired) electrons. The Kier molecular flexibility index (Phi) is 10.3. The maximum atomic E-state index is 10.1. The van der Waals surface area contributed by atoms with E-state index in [2.05, 4.69) is 33.9 Å². The van der Waals surface area contributed by atoms with Crippen molar-refractivity contribution < 1.29 is 14.0 Å². The van der Waals surface area contributed by atoms with Gasteiger partial charge in [0.2, 0.25) is 0 Å². The zero-order valence-corrected chi connectivity index (χ0v) is 16.6. The zero-order chi connectivity index (χ0) is 14.9. The fourth-order valence-electron chi connectivity index (χ4n) is 2.80. The largest absolute Gasteiger partial charge is 0.400 e. The monoisotopic (exact) mass is 306 g/mol. The molecule has 0 bridgehead atoms. The maximum Gasteiger partial charge on any atom is 0.161 e. The second kappa shape index (κ2) is 10.1. The minimum absolute atomic E-state index is 0.117. The van der Waals surface area contributed by atoms with Crippen molar-refractivity contribution in [3.63, 3.8) is 0 Å². The molecule has 0 rings (SSSR count). The first-order valence-corrected chi connectivity index (χ1v) is 11.8. The van der Waals surface area contributed by atoms with Crippen molar-refractivity contribution in [3.8, 4) is 0 Å². The van der Waals surface area contributed by atoms with E-state index in [1.54, 1.807) is 0 Å². The van der Waals surface area contributed by atoms with Crippen molar-refractivity contribution in [3.05, 3.63) is 0 Å². The summed E-state index contributed by atoms with van der Waals surface area (Å²) in [6, 6.07) is 0. The molecule has 3 nitrogen and oxygen atoms in total. The Morgan fingerprint density at radius 3 is 2.00 bits per heavy atom. The molecule has 0 aromatic carbocycles. The number of hydrogen-bond acceptors (Lipinski definition) is 3. The highest BCUT2D eigenvalue weighted by Crippen LogP contribution is 2.38. The zero-order valence-electron chi connectivity index (χ0n) is 13.7. The lowest BCUT2D eigenvalue weighted by molar-refractivity contribution is -0.127. The molecule has 0 spiro atoms. The quantitative estimate of drug-likeness (QED) is 0.361. The third-order valence-corrected chi connectivity index (χ3v) is 5.17. The molecule has 2 atom stereocenters. The first-order chi connectivity index (χ1) is 8.91. The van der Waals surface area contributed by atoms with E-state index in [9.17, 15) is 5.11 Å². The van der Waals surface area contributed by atoms with Gasteiger partial charge in [0, 0.05) is 5.41 Å². The van der Waals surface area contributed by atoms with E-state index in [0.29, 0.717) is 0 Å². The standard InChI is InChI=1S/C14H34O3Si2/c1-7-8-9-10-12(11(2)15)14(3,4)13(16-18-5)17-19-6/h11-13,15H,7-10,18-19H2,1-6H3/t11-,12+/m0/s1. The summed E-state index contributed by atoms with van der Waals surface area (Å²) >= 11 is 0. The van der Waals surface area contributed by atoms with Crippen LogP contribution in [0.1, 0.15) is 53.4 Å². The van der Waals surface area contributed by atoms with E-state index in [-0.39, 0.29) is 23.7 Å². The summed E-state index contributed by atoms with van der Waals surface area (Å²) in [5, 5.41) is 10.1. The van der Waals surface area contributed by atoms with Crippen LogP contribution in [-0.2, 0) is 8.85 Å². The number of aliphatic hydroxyl groups excluding tert-OH is 1. The number of unbranched alkanes of at least 4 members (excludes halogenated alkanes) is 2. The second-order valence-electron chi connectivity index (χ2n) is 5.91. The Balaban J connectivity index is 4.80. The molecule has 0 aromatic heterocycles. The van der Waals surface area contributed by atoms with Crippen LogP contribution in [0.4, 0.5) is 0 Å². The maximum absolute atomic E-state index is 10.1. The normalized spacial score (nSPS) is 18.5. The van der Waals surface area contributed by atoms with E-state index >= 15 is 0 Å². The predicted octanol–water partition coefficient (Wildman–Crippen LogP) is 2.21. The summed E-state index contributed by atoms with van der Waals surface area (Å²) in [6.07, 6.45) is 4.25. The SMILES string of the molecule is CCCCC[C@H]([C@H](C)O)C(C)(C)C(O[SiH2]C)O[SiH2]C. The van der Waals surface area contributed by atoms with Crippen molar-refractivity contribution in [1.29, 1.82) is 0 Å². The van der Waals surface area contributed by atoms with Crippen molar-refractivity contribution in [2.75, 3.05) is 0 Å². The van der Waals surface area contributed by atoms with Gasteiger partial charge in [-0.2, -0.15) is 0 Å². The third kappa shape index (κ3) is 6.53. The van der Waals surface area contributed by atoms with Crippen LogP contribution in [0.2, 0.25) is 13.1 Å². The molecule has 0 fully saturated rings. The number of aliphatic hydroxyl groups is 1. The third-order valence-electron chi connectivity index (χ3n) is 3.90. The Morgan fingerprint density at radius 2 is 1.63 bits per heavy atom. The summed E-state index contributed by atoms with van der Waals surface area (Å²) in [7, 11) is -0.996. The van der Waals surface area contributed by atoms with Crippen LogP contribution in [0, 0.1) is 11.3 Å². The summed E-state index contributed by atoms with van der Waals surface area (Å²) in [6.45, 7) is 12.8. The highest BCUT2D eigenvalue weighted by molar-refractivity contribution is 6.26. The fourth-order valence-corrected chi connectivity index (χ4v) is 4.65. The summed E-state index contributed by atoms with van der Waals surface area (Å²) in [4.78, 5) is 0. The fraction of sp³-hybridized carbons (Fsp3) is 1.00. The van der Waals surface area contributed by atoms with Crippen LogP contribution >= 0.6 is 0 Å². The van der Waals surface area contributed by atoms with Gasteiger partial charge in [-0.25, -0.2) is 0 Å². The van der Waals surface area contributed by atoms with Gasteiger partial charge in [0.15, 0.2) is 19.5 Å². The van der Waals surface area contributed by atoms with Crippen molar-refractivity contribution in [2.45, 2.75) is 78.9 Å². The molecule has 19 heavy (non-hydrogen) atoms. The second-order valence-corrected chi connectivity index (χ2v) is 7.73. The smallest absolute Gasteiger partial charge is 0.161 e. The van der Waals surface area contributed by atoms with E-state index in [1.165, 1.54) is 19.3 Å². The lowest BCUT2D eigenvalue weighted by atomic mass is 9.73. The minimum Gasteiger partial charge on any atom is -0.400 e. The van der Waals surface area contributed by atoms with Gasteiger partial charge in [0.25, 0.3) is 0 Å². The average molecular weight is 307 g/mol. The lowest BCUT2D eigenvalue weighted by Gasteiger charge is -2.42. The molecule has 5 heteroatoms. The van der Waals surface area contributed by atoms with Crippen LogP contribution < -0.4 is 0 Å². The van der Waals surface area contributed by atoms with E-state index in [4.69, 9.17) is 8.85 Å². The molecule has 0 aliphatic carbocycles. The predicted molar refractivity (Wildman–Crippen MR) is 87.9 cm³/mol. The van der Waals surface area contributed by atoms with Gasteiger partial charge in [0.1, 0.15) is 6.29 Å². The molecule has 0 heterocycles. The van der Waals surface area contributed by atoms with Gasteiger partial charge in [-0.05, 0) is 19.3 Å². The van der Waals surface area contributed by atoms with Gasteiger partial charge in [0.05, 0.1) is 6.10 Å². The highest BCUT2D eigenvalue weighted by Gasteiger charge is 2.40. The van der Waals surface area contributed by atoms with Gasteiger partial charge < -0.3 is 14.0 Å². The Morgan fingerprint density at radius 1 is 1.11 bits per heavy atom. The molecule has 0 amide bonds. The molecular formula is C14H34O3Si2. The Hall–Kier alpha value is 0.314. The first-order valence-electron chi connectivity index (χ1n) is 7.82. The van der Waals surface area contributed by atoms with Gasteiger partial charge >= 0.3 is 0 Å². The summed E-state index contributed by atoms with van der Waals surface area (Å²) in [5.41, 5.74) is -0.117. The highest BCUT2D eigenvalue weighted by atomic mass is 28.2.